The number of aliphatic carboxylic acids is 1. The SMILES string of the molecule is COC[C@@H](c1ccc(C(F)(F)F)cc1)N1CCN(C2(C)CCN(C(=O)c3c(C)ncnc3C)CC2)C[C@@H]1C.O=C(O)[C@@H](O)[C@@H](O)[C@H](O)[C@@H](O)[C@@H](O)CO. The van der Waals surface area contributed by atoms with Crippen molar-refractivity contribution in [1.29, 1.82) is 0 Å². The maximum atomic E-state index is 13.2. The van der Waals surface area contributed by atoms with Crippen molar-refractivity contribution in [3.8, 4) is 0 Å². The standard InChI is InChI=1S/C28H38F3N5O2.C7H14O8/c1-19-16-35(14-15-36(19)24(17-38-5)22-6-8-23(9-7-22)28(29,30)31)27(4)10-12-34(13-11-27)26(37)25-20(2)32-18-33-21(25)3;8-1-2(9)3(10)4(11)5(12)6(13)7(14)15/h6-9,18-19,24H,10-17H2,1-5H3;2-6,8-13H,1H2,(H,14,15)/t19-,24-;2-,3-,4+,5-,6-/m00/s1. The lowest BCUT2D eigenvalue weighted by Gasteiger charge is -2.52. The van der Waals surface area contributed by atoms with Gasteiger partial charge in [-0.3, -0.25) is 14.6 Å². The van der Waals surface area contributed by atoms with Crippen molar-refractivity contribution in [3.05, 3.63) is 58.7 Å². The number of likely N-dealkylation sites (tertiary alicyclic amines) is 1. The van der Waals surface area contributed by atoms with Crippen LogP contribution in [0.15, 0.2) is 30.6 Å². The smallest absolute Gasteiger partial charge is 0.416 e. The summed E-state index contributed by atoms with van der Waals surface area (Å²) in [5.41, 5.74) is 2.18. The molecule has 0 radical (unpaired) electrons. The second kappa shape index (κ2) is 18.8. The molecule has 0 saturated carbocycles. The van der Waals surface area contributed by atoms with E-state index >= 15 is 0 Å². The molecule has 2 fully saturated rings. The number of aromatic nitrogens is 2. The van der Waals surface area contributed by atoms with E-state index in [1.165, 1.54) is 6.33 Å². The van der Waals surface area contributed by atoms with Gasteiger partial charge in [-0.2, -0.15) is 13.2 Å². The molecule has 3 heterocycles. The van der Waals surface area contributed by atoms with E-state index in [2.05, 4.69) is 33.6 Å². The highest BCUT2D eigenvalue weighted by Crippen LogP contribution is 2.35. The Hall–Kier alpha value is -3.33. The Kier molecular flexibility index (Phi) is 15.6. The number of benzene rings is 1. The average Bonchev–Trinajstić information content (AvgIpc) is 3.12. The number of hydrogen-bond acceptors (Lipinski definition) is 13. The summed E-state index contributed by atoms with van der Waals surface area (Å²) in [6.45, 7) is 11.5. The molecular weight excluding hydrogens is 707 g/mol. The third kappa shape index (κ3) is 10.9. The number of piperazine rings is 1. The van der Waals surface area contributed by atoms with Gasteiger partial charge in [0.2, 0.25) is 0 Å². The third-order valence-electron chi connectivity index (χ3n) is 10.2. The van der Waals surface area contributed by atoms with Gasteiger partial charge in [-0.25, -0.2) is 14.8 Å². The number of aliphatic hydroxyl groups is 6. The molecule has 53 heavy (non-hydrogen) atoms. The Morgan fingerprint density at radius 2 is 1.51 bits per heavy atom. The number of carbonyl (C=O) groups is 2. The van der Waals surface area contributed by atoms with Crippen molar-refractivity contribution >= 4 is 11.9 Å². The van der Waals surface area contributed by atoms with E-state index in [1.54, 1.807) is 19.2 Å². The molecule has 7 N–H and O–H groups in total. The second-order valence-corrected chi connectivity index (χ2v) is 13.8. The van der Waals surface area contributed by atoms with E-state index in [-0.39, 0.29) is 23.5 Å². The predicted molar refractivity (Wildman–Crippen MR) is 184 cm³/mol. The Balaban J connectivity index is 0.000000426. The number of carboxylic acid groups (broad SMARTS) is 1. The molecule has 2 aliphatic rings. The number of amides is 1. The largest absolute Gasteiger partial charge is 0.479 e. The highest BCUT2D eigenvalue weighted by atomic mass is 19.4. The summed E-state index contributed by atoms with van der Waals surface area (Å²) >= 11 is 0. The average molecular weight is 760 g/mol. The molecule has 1 aromatic heterocycles. The Morgan fingerprint density at radius 3 is 1.98 bits per heavy atom. The summed E-state index contributed by atoms with van der Waals surface area (Å²) in [5.74, 6) is -1.79. The molecular formula is C35H52F3N5O10. The molecule has 1 amide bonds. The molecule has 0 unspecified atom stereocenters. The minimum absolute atomic E-state index is 0.000198. The van der Waals surface area contributed by atoms with Crippen LogP contribution in [-0.4, -0.2) is 167 Å². The van der Waals surface area contributed by atoms with Gasteiger partial charge in [-0.1, -0.05) is 12.1 Å². The normalized spacial score (nSPS) is 21.8. The van der Waals surface area contributed by atoms with E-state index in [1.807, 2.05) is 18.7 Å². The maximum absolute atomic E-state index is 13.2. The van der Waals surface area contributed by atoms with Crippen molar-refractivity contribution in [2.24, 2.45) is 0 Å². The van der Waals surface area contributed by atoms with Gasteiger partial charge in [-0.05, 0) is 58.2 Å². The predicted octanol–water partition coefficient (Wildman–Crippen LogP) is 0.369. The molecule has 2 aliphatic heterocycles. The van der Waals surface area contributed by atoms with Crippen LogP contribution in [0.3, 0.4) is 0 Å². The van der Waals surface area contributed by atoms with Gasteiger partial charge >= 0.3 is 12.1 Å². The summed E-state index contributed by atoms with van der Waals surface area (Å²) in [6, 6.07) is 5.52. The number of piperidine rings is 1. The molecule has 1 aromatic carbocycles. The number of carboxylic acids is 1. The Labute approximate surface area is 306 Å². The van der Waals surface area contributed by atoms with Gasteiger partial charge in [0.25, 0.3) is 5.91 Å². The van der Waals surface area contributed by atoms with Crippen LogP contribution in [0.25, 0.3) is 0 Å². The first-order valence-corrected chi connectivity index (χ1v) is 17.3. The van der Waals surface area contributed by atoms with Gasteiger partial charge in [-0.15, -0.1) is 0 Å². The number of ether oxygens (including phenoxy) is 1. The number of nitrogens with zero attached hydrogens (tertiary/aromatic N) is 5. The van der Waals surface area contributed by atoms with Crippen LogP contribution in [0, 0.1) is 13.8 Å². The van der Waals surface area contributed by atoms with Gasteiger partial charge in [0.05, 0.1) is 41.8 Å². The Morgan fingerprint density at radius 1 is 0.943 bits per heavy atom. The van der Waals surface area contributed by atoms with Crippen molar-refractivity contribution < 1.29 is 63.2 Å². The highest BCUT2D eigenvalue weighted by Gasteiger charge is 2.42. The van der Waals surface area contributed by atoms with Crippen molar-refractivity contribution in [3.63, 3.8) is 0 Å². The van der Waals surface area contributed by atoms with E-state index in [9.17, 15) is 22.8 Å². The molecule has 2 aromatic rings. The first-order chi connectivity index (χ1) is 24.8. The van der Waals surface area contributed by atoms with Crippen molar-refractivity contribution in [2.75, 3.05) is 53.0 Å². The number of hydrogen-bond donors (Lipinski definition) is 7. The zero-order valence-electron chi connectivity index (χ0n) is 30.5. The quantitative estimate of drug-likeness (QED) is 0.156. The minimum atomic E-state index is -4.35. The molecule has 18 heteroatoms. The van der Waals surface area contributed by atoms with E-state index in [0.717, 1.165) is 50.2 Å². The van der Waals surface area contributed by atoms with Crippen LogP contribution in [0.1, 0.15) is 65.6 Å². The van der Waals surface area contributed by atoms with Gasteiger partial charge in [0, 0.05) is 51.4 Å². The topological polar surface area (TPSA) is 220 Å². The second-order valence-electron chi connectivity index (χ2n) is 13.8. The maximum Gasteiger partial charge on any atom is 0.416 e. The van der Waals surface area contributed by atoms with Gasteiger partial charge in [0.15, 0.2) is 6.10 Å². The lowest BCUT2D eigenvalue weighted by atomic mass is 9.86. The molecule has 4 rings (SSSR count). The molecule has 0 spiro atoms. The van der Waals surface area contributed by atoms with E-state index < -0.39 is 54.8 Å². The number of aliphatic hydroxyl groups excluding tert-OH is 6. The molecule has 0 aliphatic carbocycles. The van der Waals surface area contributed by atoms with E-state index in [0.29, 0.717) is 36.6 Å². The number of carbonyl (C=O) groups excluding carboxylic acids is 1. The van der Waals surface area contributed by atoms with E-state index in [4.69, 9.17) is 40.5 Å². The fourth-order valence-corrected chi connectivity index (χ4v) is 6.80. The summed E-state index contributed by atoms with van der Waals surface area (Å²) in [4.78, 5) is 38.6. The first kappa shape index (κ1) is 44.1. The zero-order chi connectivity index (χ0) is 39.8. The Bertz CT molecular complexity index is 1480. The lowest BCUT2D eigenvalue weighted by molar-refractivity contribution is -0.169. The number of rotatable bonds is 12. The van der Waals surface area contributed by atoms with Crippen LogP contribution < -0.4 is 0 Å². The first-order valence-electron chi connectivity index (χ1n) is 17.3. The number of alkyl halides is 3. The summed E-state index contributed by atoms with van der Waals surface area (Å²) in [5, 5.41) is 61.5. The molecule has 2 saturated heterocycles. The van der Waals surface area contributed by atoms with Crippen LogP contribution >= 0.6 is 0 Å². The van der Waals surface area contributed by atoms with Crippen LogP contribution in [0.2, 0.25) is 0 Å². The van der Waals surface area contributed by atoms with Crippen LogP contribution in [0.4, 0.5) is 13.2 Å². The fourth-order valence-electron chi connectivity index (χ4n) is 6.80. The van der Waals surface area contributed by atoms with Crippen molar-refractivity contribution in [2.45, 2.75) is 94.9 Å². The minimum Gasteiger partial charge on any atom is -0.479 e. The van der Waals surface area contributed by atoms with Crippen LogP contribution in [-0.2, 0) is 15.7 Å². The third-order valence-corrected chi connectivity index (χ3v) is 10.2. The van der Waals surface area contributed by atoms with Crippen molar-refractivity contribution in [1.82, 2.24) is 24.7 Å². The molecule has 15 nitrogen and oxygen atoms in total. The molecule has 0 bridgehead atoms. The van der Waals surface area contributed by atoms with Gasteiger partial charge < -0.3 is 45.4 Å². The summed E-state index contributed by atoms with van der Waals surface area (Å²) in [6.07, 6.45) is -11.4. The zero-order valence-corrected chi connectivity index (χ0v) is 30.5. The van der Waals surface area contributed by atoms with Gasteiger partial charge in [0.1, 0.15) is 30.7 Å². The summed E-state index contributed by atoms with van der Waals surface area (Å²) < 4.78 is 44.7. The fraction of sp³-hybridized carbons (Fsp3) is 0.657. The number of methoxy groups -OCH3 is 1. The molecule has 298 valence electrons. The number of halogens is 3. The lowest BCUT2D eigenvalue weighted by Crippen LogP contribution is -2.62. The molecule has 7 atom stereocenters. The summed E-state index contributed by atoms with van der Waals surface area (Å²) in [7, 11) is 1.62. The monoisotopic (exact) mass is 759 g/mol. The number of aryl methyl sites for hydroxylation is 2. The highest BCUT2D eigenvalue weighted by molar-refractivity contribution is 5.96. The van der Waals surface area contributed by atoms with Crippen LogP contribution in [0.5, 0.6) is 0 Å².